The first kappa shape index (κ1) is 10.1. The molecule has 0 aliphatic rings. The fraction of sp³-hybridized carbons (Fsp3) is 0. The number of benzene rings is 1. The summed E-state index contributed by atoms with van der Waals surface area (Å²) in [5, 5.41) is 0.992. The van der Waals surface area contributed by atoms with Crippen LogP contribution in [-0.2, 0) is 0 Å². The van der Waals surface area contributed by atoms with Crippen molar-refractivity contribution >= 4 is 27.7 Å². The van der Waals surface area contributed by atoms with Gasteiger partial charge in [-0.2, -0.15) is 0 Å². The van der Waals surface area contributed by atoms with Crippen molar-refractivity contribution in [3.63, 3.8) is 0 Å². The predicted octanol–water partition coefficient (Wildman–Crippen LogP) is 3.17. The first-order chi connectivity index (χ1) is 8.40. The summed E-state index contributed by atoms with van der Waals surface area (Å²) in [5.74, 6) is 0. The molecule has 82 valence electrons. The predicted molar refractivity (Wildman–Crippen MR) is 68.2 cm³/mol. The first-order valence-corrected chi connectivity index (χ1v) is 5.94. The highest BCUT2D eigenvalue weighted by Gasteiger charge is 2.12. The molecule has 2 aromatic heterocycles. The van der Waals surface area contributed by atoms with E-state index in [1.165, 1.54) is 6.33 Å². The summed E-state index contributed by atoms with van der Waals surface area (Å²) in [4.78, 5) is 20.1. The van der Waals surface area contributed by atoms with Crippen LogP contribution >= 0.6 is 11.3 Å². The van der Waals surface area contributed by atoms with Crippen LogP contribution in [0, 0.1) is 0 Å². The molecule has 0 amide bonds. The van der Waals surface area contributed by atoms with Gasteiger partial charge >= 0.3 is 0 Å². The van der Waals surface area contributed by atoms with Gasteiger partial charge in [-0.1, -0.05) is 18.2 Å². The van der Waals surface area contributed by atoms with Crippen molar-refractivity contribution < 1.29 is 4.79 Å². The van der Waals surface area contributed by atoms with Crippen LogP contribution in [0.2, 0.25) is 0 Å². The normalized spacial score (nSPS) is 10.6. The summed E-state index contributed by atoms with van der Waals surface area (Å²) in [6, 6.07) is 7.88. The molecule has 0 fully saturated rings. The van der Waals surface area contributed by atoms with Crippen molar-refractivity contribution in [2.45, 2.75) is 0 Å². The van der Waals surface area contributed by atoms with Gasteiger partial charge in [-0.25, -0.2) is 9.97 Å². The number of aldehydes is 1. The second-order valence-corrected chi connectivity index (χ2v) is 4.64. The summed E-state index contributed by atoms with van der Waals surface area (Å²) in [6.07, 6.45) is 5.84. The number of hydrogen-bond acceptors (Lipinski definition) is 4. The lowest BCUT2D eigenvalue weighted by atomic mass is 10.1. The fourth-order valence-corrected chi connectivity index (χ4v) is 2.96. The van der Waals surface area contributed by atoms with E-state index >= 15 is 0 Å². The molecule has 2 heterocycles. The second-order valence-electron chi connectivity index (χ2n) is 3.59. The number of hydrogen-bond donors (Lipinski definition) is 0. The molecule has 0 aliphatic carbocycles. The minimum atomic E-state index is 0.723. The molecular formula is C13H8N2OS. The Labute approximate surface area is 102 Å². The molecule has 0 bridgehead atoms. The average Bonchev–Trinajstić information content (AvgIpc) is 2.78. The molecule has 3 rings (SSSR count). The van der Waals surface area contributed by atoms with Gasteiger partial charge in [0.2, 0.25) is 0 Å². The largest absolute Gasteiger partial charge is 0.298 e. The van der Waals surface area contributed by atoms with Gasteiger partial charge in [0.15, 0.2) is 6.29 Å². The number of carbonyl (C=O) groups excluding carboxylic acids is 1. The third kappa shape index (κ3) is 1.62. The number of aromatic nitrogens is 2. The highest BCUT2D eigenvalue weighted by atomic mass is 32.1. The average molecular weight is 240 g/mol. The van der Waals surface area contributed by atoms with E-state index in [9.17, 15) is 4.79 Å². The Morgan fingerprint density at radius 1 is 1.12 bits per heavy atom. The lowest BCUT2D eigenvalue weighted by Gasteiger charge is -1.96. The third-order valence-corrected chi connectivity index (χ3v) is 3.81. The SMILES string of the molecule is O=Cc1c(-c2cncnc2)sc2ccccc12. The quantitative estimate of drug-likeness (QED) is 0.646. The van der Waals surface area contributed by atoms with E-state index in [1.807, 2.05) is 24.3 Å². The molecule has 0 spiro atoms. The van der Waals surface area contributed by atoms with E-state index in [2.05, 4.69) is 9.97 Å². The standard InChI is InChI=1S/C13H8N2OS/c16-7-11-10-3-1-2-4-12(10)17-13(11)9-5-14-8-15-6-9/h1-8H. The van der Waals surface area contributed by atoms with E-state index < -0.39 is 0 Å². The molecular weight excluding hydrogens is 232 g/mol. The summed E-state index contributed by atoms with van der Waals surface area (Å²) in [5.41, 5.74) is 1.61. The molecule has 17 heavy (non-hydrogen) atoms. The maximum Gasteiger partial charge on any atom is 0.152 e. The number of nitrogens with zero attached hydrogens (tertiary/aromatic N) is 2. The van der Waals surface area contributed by atoms with Gasteiger partial charge in [-0.15, -0.1) is 11.3 Å². The van der Waals surface area contributed by atoms with Gasteiger partial charge in [0.25, 0.3) is 0 Å². The van der Waals surface area contributed by atoms with Gasteiger partial charge in [0, 0.05) is 38.5 Å². The minimum Gasteiger partial charge on any atom is -0.298 e. The monoisotopic (exact) mass is 240 g/mol. The molecule has 0 saturated carbocycles. The van der Waals surface area contributed by atoms with Crippen LogP contribution in [0.1, 0.15) is 10.4 Å². The van der Waals surface area contributed by atoms with Gasteiger partial charge < -0.3 is 0 Å². The van der Waals surface area contributed by atoms with Crippen molar-refractivity contribution in [1.29, 1.82) is 0 Å². The molecule has 1 aromatic carbocycles. The van der Waals surface area contributed by atoms with Crippen molar-refractivity contribution in [2.75, 3.05) is 0 Å². The second kappa shape index (κ2) is 4.07. The van der Waals surface area contributed by atoms with Crippen LogP contribution in [0.25, 0.3) is 20.5 Å². The Kier molecular flexibility index (Phi) is 2.42. The highest BCUT2D eigenvalue weighted by Crippen LogP contribution is 2.36. The van der Waals surface area contributed by atoms with Crippen LogP contribution in [0.4, 0.5) is 0 Å². The van der Waals surface area contributed by atoms with E-state index in [0.717, 1.165) is 32.4 Å². The first-order valence-electron chi connectivity index (χ1n) is 5.12. The number of carbonyl (C=O) groups is 1. The lowest BCUT2D eigenvalue weighted by molar-refractivity contribution is 0.112. The van der Waals surface area contributed by atoms with E-state index in [-0.39, 0.29) is 0 Å². The Hall–Kier alpha value is -2.07. The van der Waals surface area contributed by atoms with Crippen molar-refractivity contribution in [3.8, 4) is 10.4 Å². The summed E-state index contributed by atoms with van der Waals surface area (Å²) >= 11 is 1.59. The van der Waals surface area contributed by atoms with Crippen LogP contribution < -0.4 is 0 Å². The van der Waals surface area contributed by atoms with E-state index in [4.69, 9.17) is 0 Å². The lowest BCUT2D eigenvalue weighted by Crippen LogP contribution is -1.84. The van der Waals surface area contributed by atoms with Crippen LogP contribution in [0.3, 0.4) is 0 Å². The van der Waals surface area contributed by atoms with Crippen LogP contribution in [0.15, 0.2) is 43.0 Å². The van der Waals surface area contributed by atoms with Crippen LogP contribution in [-0.4, -0.2) is 16.3 Å². The molecule has 4 heteroatoms. The smallest absolute Gasteiger partial charge is 0.152 e. The topological polar surface area (TPSA) is 42.9 Å². The summed E-state index contributed by atoms with van der Waals surface area (Å²) in [6.45, 7) is 0. The maximum atomic E-state index is 11.2. The molecule has 0 aliphatic heterocycles. The summed E-state index contributed by atoms with van der Waals surface area (Å²) in [7, 11) is 0. The molecule has 3 aromatic rings. The molecule has 0 N–H and O–H groups in total. The van der Waals surface area contributed by atoms with Crippen LogP contribution in [0.5, 0.6) is 0 Å². The molecule has 0 unspecified atom stereocenters. The Morgan fingerprint density at radius 3 is 2.65 bits per heavy atom. The number of rotatable bonds is 2. The fourth-order valence-electron chi connectivity index (χ4n) is 1.81. The zero-order chi connectivity index (χ0) is 11.7. The molecule has 3 nitrogen and oxygen atoms in total. The summed E-state index contributed by atoms with van der Waals surface area (Å²) < 4.78 is 1.11. The van der Waals surface area contributed by atoms with Gasteiger partial charge in [-0.05, 0) is 6.07 Å². The third-order valence-electron chi connectivity index (χ3n) is 2.57. The van der Waals surface area contributed by atoms with Gasteiger partial charge in [-0.3, -0.25) is 4.79 Å². The number of thiophene rings is 1. The van der Waals surface area contributed by atoms with E-state index in [1.54, 1.807) is 23.7 Å². The highest BCUT2D eigenvalue weighted by molar-refractivity contribution is 7.22. The van der Waals surface area contributed by atoms with Crippen molar-refractivity contribution in [3.05, 3.63) is 48.5 Å². The van der Waals surface area contributed by atoms with E-state index in [0.29, 0.717) is 0 Å². The Bertz CT molecular complexity index is 676. The molecule has 0 radical (unpaired) electrons. The zero-order valence-corrected chi connectivity index (χ0v) is 9.65. The Morgan fingerprint density at radius 2 is 1.88 bits per heavy atom. The maximum absolute atomic E-state index is 11.2. The molecule has 0 atom stereocenters. The van der Waals surface area contributed by atoms with Crippen molar-refractivity contribution in [2.24, 2.45) is 0 Å². The molecule has 0 saturated heterocycles. The number of fused-ring (bicyclic) bond motifs is 1. The van der Waals surface area contributed by atoms with Crippen molar-refractivity contribution in [1.82, 2.24) is 9.97 Å². The Balaban J connectivity index is 2.33. The van der Waals surface area contributed by atoms with Gasteiger partial charge in [0.1, 0.15) is 6.33 Å². The van der Waals surface area contributed by atoms with Gasteiger partial charge in [0.05, 0.1) is 0 Å². The minimum absolute atomic E-state index is 0.723. The zero-order valence-electron chi connectivity index (χ0n) is 8.83.